The molecular weight excluding hydrogens is 383 g/mol. The van der Waals surface area contributed by atoms with E-state index in [-0.39, 0.29) is 6.09 Å². The molecule has 0 bridgehead atoms. The number of carbonyl (C=O) groups excluding carboxylic acids is 1. The van der Waals surface area contributed by atoms with Gasteiger partial charge in [-0.1, -0.05) is 47.0 Å². The van der Waals surface area contributed by atoms with Crippen LogP contribution in [-0.4, -0.2) is 43.8 Å². The van der Waals surface area contributed by atoms with Gasteiger partial charge in [-0.15, -0.1) is 0 Å². The van der Waals surface area contributed by atoms with Crippen LogP contribution in [0.4, 0.5) is 10.5 Å². The van der Waals surface area contributed by atoms with Gasteiger partial charge in [0.1, 0.15) is 0 Å². The van der Waals surface area contributed by atoms with Crippen LogP contribution in [0.15, 0.2) is 36.4 Å². The van der Waals surface area contributed by atoms with Crippen LogP contribution in [0.2, 0.25) is 10.0 Å². The molecule has 0 N–H and O–H groups in total. The number of rotatable bonds is 4. The molecule has 1 aliphatic heterocycles. The average molecular weight is 407 g/mol. The molecule has 1 heterocycles. The number of aryl methyl sites for hydroxylation is 2. The molecular formula is C21H24Cl2N2O2. The molecule has 1 saturated heterocycles. The second kappa shape index (κ2) is 8.85. The second-order valence-electron chi connectivity index (χ2n) is 6.86. The zero-order chi connectivity index (χ0) is 19.4. The van der Waals surface area contributed by atoms with E-state index in [9.17, 15) is 4.79 Å². The van der Waals surface area contributed by atoms with Gasteiger partial charge >= 0.3 is 6.09 Å². The lowest BCUT2D eigenvalue weighted by Gasteiger charge is -2.36. The topological polar surface area (TPSA) is 32.8 Å². The van der Waals surface area contributed by atoms with Gasteiger partial charge < -0.3 is 14.5 Å². The molecule has 2 aromatic rings. The van der Waals surface area contributed by atoms with Crippen molar-refractivity contribution < 1.29 is 9.53 Å². The Kier molecular flexibility index (Phi) is 6.51. The molecule has 0 spiro atoms. The molecule has 27 heavy (non-hydrogen) atoms. The summed E-state index contributed by atoms with van der Waals surface area (Å²) in [4.78, 5) is 16.4. The Balaban J connectivity index is 1.47. The zero-order valence-corrected chi connectivity index (χ0v) is 17.2. The fourth-order valence-corrected chi connectivity index (χ4v) is 3.86. The Morgan fingerprint density at radius 3 is 2.44 bits per heavy atom. The van der Waals surface area contributed by atoms with E-state index < -0.39 is 0 Å². The maximum atomic E-state index is 12.3. The summed E-state index contributed by atoms with van der Waals surface area (Å²) in [5, 5.41) is 1.20. The molecule has 3 rings (SSSR count). The van der Waals surface area contributed by atoms with Gasteiger partial charge in [0, 0.05) is 48.3 Å². The lowest BCUT2D eigenvalue weighted by molar-refractivity contribution is 0.101. The fourth-order valence-electron chi connectivity index (χ4n) is 3.35. The quantitative estimate of drug-likeness (QED) is 0.706. The summed E-state index contributed by atoms with van der Waals surface area (Å²) >= 11 is 12.0. The summed E-state index contributed by atoms with van der Waals surface area (Å²) in [6.07, 6.45) is 0.310. The molecule has 0 aliphatic carbocycles. The predicted molar refractivity (Wildman–Crippen MR) is 111 cm³/mol. The molecule has 0 radical (unpaired) electrons. The highest BCUT2D eigenvalue weighted by molar-refractivity contribution is 6.35. The number of carbonyl (C=O) groups is 1. The minimum Gasteiger partial charge on any atom is -0.449 e. The van der Waals surface area contributed by atoms with Gasteiger partial charge in [-0.05, 0) is 43.2 Å². The highest BCUT2D eigenvalue weighted by Crippen LogP contribution is 2.23. The number of amides is 1. The Morgan fingerprint density at radius 1 is 1.04 bits per heavy atom. The van der Waals surface area contributed by atoms with E-state index in [4.69, 9.17) is 27.9 Å². The van der Waals surface area contributed by atoms with E-state index in [1.807, 2.05) is 6.07 Å². The zero-order valence-electron chi connectivity index (χ0n) is 15.7. The Bertz CT molecular complexity index is 818. The number of piperazine rings is 1. The van der Waals surface area contributed by atoms with Gasteiger partial charge in [0.15, 0.2) is 0 Å². The average Bonchev–Trinajstić information content (AvgIpc) is 2.63. The first kappa shape index (κ1) is 19.8. The van der Waals surface area contributed by atoms with Crippen molar-refractivity contribution in [1.82, 2.24) is 4.90 Å². The molecule has 2 aromatic carbocycles. The maximum absolute atomic E-state index is 12.3. The van der Waals surface area contributed by atoms with Crippen molar-refractivity contribution in [2.24, 2.45) is 0 Å². The van der Waals surface area contributed by atoms with E-state index in [1.165, 1.54) is 16.8 Å². The van der Waals surface area contributed by atoms with Gasteiger partial charge in [-0.3, -0.25) is 0 Å². The molecule has 0 aromatic heterocycles. The predicted octanol–water partition coefficient (Wildman–Crippen LogP) is 5.11. The minimum atomic E-state index is -0.264. The van der Waals surface area contributed by atoms with Gasteiger partial charge in [0.05, 0.1) is 6.61 Å². The summed E-state index contributed by atoms with van der Waals surface area (Å²) in [5.74, 6) is 0. The molecule has 1 aliphatic rings. The van der Waals surface area contributed by atoms with Crippen molar-refractivity contribution >= 4 is 35.0 Å². The molecule has 4 nitrogen and oxygen atoms in total. The smallest absolute Gasteiger partial charge is 0.409 e. The molecule has 6 heteroatoms. The van der Waals surface area contributed by atoms with Crippen molar-refractivity contribution in [2.45, 2.75) is 20.3 Å². The van der Waals surface area contributed by atoms with Crippen LogP contribution in [0.5, 0.6) is 0 Å². The van der Waals surface area contributed by atoms with Crippen molar-refractivity contribution in [3.63, 3.8) is 0 Å². The number of anilines is 1. The standard InChI is InChI=1S/C21H24Cl2N2O2/c1-15-3-6-20(16(2)13-15)24-8-10-25(11-9-24)21(26)27-12-7-17-4-5-18(22)14-19(17)23/h3-6,13-14H,7-12H2,1-2H3. The first-order valence-corrected chi connectivity index (χ1v) is 9.87. The molecule has 144 valence electrons. The number of nitrogens with zero attached hydrogens (tertiary/aromatic N) is 2. The first-order chi connectivity index (χ1) is 12.9. The van der Waals surface area contributed by atoms with Crippen molar-refractivity contribution in [1.29, 1.82) is 0 Å². The van der Waals surface area contributed by atoms with Crippen LogP contribution in [0.3, 0.4) is 0 Å². The molecule has 0 atom stereocenters. The highest BCUT2D eigenvalue weighted by atomic mass is 35.5. The Hall–Kier alpha value is -1.91. The summed E-state index contributed by atoms with van der Waals surface area (Å²) < 4.78 is 5.43. The third kappa shape index (κ3) is 5.08. The summed E-state index contributed by atoms with van der Waals surface area (Å²) in [7, 11) is 0. The van der Waals surface area contributed by atoms with Crippen molar-refractivity contribution in [3.8, 4) is 0 Å². The Labute approximate surface area is 170 Å². The second-order valence-corrected chi connectivity index (χ2v) is 7.71. The molecule has 1 fully saturated rings. The highest BCUT2D eigenvalue weighted by Gasteiger charge is 2.23. The Morgan fingerprint density at radius 2 is 1.78 bits per heavy atom. The first-order valence-electron chi connectivity index (χ1n) is 9.12. The maximum Gasteiger partial charge on any atom is 0.409 e. The van der Waals surface area contributed by atoms with Crippen LogP contribution >= 0.6 is 23.2 Å². The fraction of sp³-hybridized carbons (Fsp3) is 0.381. The largest absolute Gasteiger partial charge is 0.449 e. The number of halogens is 2. The monoisotopic (exact) mass is 406 g/mol. The normalized spacial score (nSPS) is 14.4. The van der Waals surface area contributed by atoms with Gasteiger partial charge in [-0.25, -0.2) is 4.79 Å². The minimum absolute atomic E-state index is 0.264. The number of benzene rings is 2. The van der Waals surface area contributed by atoms with Crippen LogP contribution in [-0.2, 0) is 11.2 Å². The molecule has 0 saturated carbocycles. The lowest BCUT2D eigenvalue weighted by Crippen LogP contribution is -2.49. The summed E-state index contributed by atoms with van der Waals surface area (Å²) in [5.41, 5.74) is 4.70. The van der Waals surface area contributed by atoms with Gasteiger partial charge in [0.2, 0.25) is 0 Å². The van der Waals surface area contributed by atoms with Crippen molar-refractivity contribution in [3.05, 3.63) is 63.1 Å². The van der Waals surface area contributed by atoms with Gasteiger partial charge in [-0.2, -0.15) is 0 Å². The third-order valence-corrected chi connectivity index (χ3v) is 5.43. The number of ether oxygens (including phenoxy) is 1. The number of hydrogen-bond donors (Lipinski definition) is 0. The molecule has 1 amide bonds. The number of hydrogen-bond acceptors (Lipinski definition) is 3. The van der Waals surface area contributed by atoms with Crippen LogP contribution < -0.4 is 4.90 Å². The lowest BCUT2D eigenvalue weighted by atomic mass is 10.1. The summed E-state index contributed by atoms with van der Waals surface area (Å²) in [6, 6.07) is 11.8. The summed E-state index contributed by atoms with van der Waals surface area (Å²) in [6.45, 7) is 7.47. The van der Waals surface area contributed by atoms with E-state index in [1.54, 1.807) is 17.0 Å². The van der Waals surface area contributed by atoms with Crippen LogP contribution in [0.25, 0.3) is 0 Å². The SMILES string of the molecule is Cc1ccc(N2CCN(C(=O)OCCc3ccc(Cl)cc3Cl)CC2)c(C)c1. The van der Waals surface area contributed by atoms with E-state index in [2.05, 4.69) is 36.9 Å². The van der Waals surface area contributed by atoms with Gasteiger partial charge in [0.25, 0.3) is 0 Å². The van der Waals surface area contributed by atoms with Crippen molar-refractivity contribution in [2.75, 3.05) is 37.7 Å². The van der Waals surface area contributed by atoms with Crippen LogP contribution in [0.1, 0.15) is 16.7 Å². The third-order valence-electron chi connectivity index (χ3n) is 4.84. The van der Waals surface area contributed by atoms with E-state index in [0.717, 1.165) is 18.7 Å². The van der Waals surface area contributed by atoms with E-state index in [0.29, 0.717) is 36.2 Å². The molecule has 0 unspecified atom stereocenters. The van der Waals surface area contributed by atoms with E-state index >= 15 is 0 Å². The van der Waals surface area contributed by atoms with Crippen LogP contribution in [0, 0.1) is 13.8 Å².